The van der Waals surface area contributed by atoms with E-state index in [9.17, 15) is 0 Å². The number of unbranched alkanes of at least 4 members (excludes halogenated alkanes) is 2. The maximum atomic E-state index is 5.81. The Kier molecular flexibility index (Phi) is 12.4. The van der Waals surface area contributed by atoms with E-state index in [-0.39, 0.29) is 0 Å². The highest BCUT2D eigenvalue weighted by atomic mass is 16.5. The minimum atomic E-state index is 0.623. The van der Waals surface area contributed by atoms with Crippen molar-refractivity contribution in [3.8, 4) is 5.75 Å². The van der Waals surface area contributed by atoms with Gasteiger partial charge in [-0.2, -0.15) is 0 Å². The van der Waals surface area contributed by atoms with Crippen molar-refractivity contribution in [2.24, 2.45) is 0 Å². The van der Waals surface area contributed by atoms with Crippen LogP contribution < -0.4 is 4.74 Å². The molecule has 0 amide bonds. The molecule has 0 spiro atoms. The van der Waals surface area contributed by atoms with Gasteiger partial charge < -0.3 is 14.4 Å². The lowest BCUT2D eigenvalue weighted by Crippen LogP contribution is -2.24. The Morgan fingerprint density at radius 3 is 2.04 bits per heavy atom. The molecular weight excluding hydrogens is 310 g/mol. The van der Waals surface area contributed by atoms with E-state index >= 15 is 0 Å². The van der Waals surface area contributed by atoms with Crippen LogP contribution in [0.25, 0.3) is 0 Å². The summed E-state index contributed by atoms with van der Waals surface area (Å²) in [6.07, 6.45) is 5.69. The summed E-state index contributed by atoms with van der Waals surface area (Å²) in [5, 5.41) is 0. The predicted octanol–water partition coefficient (Wildman–Crippen LogP) is 5.50. The summed E-state index contributed by atoms with van der Waals surface area (Å²) in [6.45, 7) is 14.9. The summed E-state index contributed by atoms with van der Waals surface area (Å²) < 4.78 is 11.5. The molecule has 1 rings (SSSR count). The van der Waals surface area contributed by atoms with E-state index in [0.717, 1.165) is 57.9 Å². The molecule has 1 aromatic rings. The fourth-order valence-electron chi connectivity index (χ4n) is 2.81. The molecule has 0 N–H and O–H groups in total. The lowest BCUT2D eigenvalue weighted by molar-refractivity contribution is 0.120. The maximum absolute atomic E-state index is 5.81. The summed E-state index contributed by atoms with van der Waals surface area (Å²) in [5.74, 6) is 1.60. The monoisotopic (exact) mass is 349 g/mol. The molecule has 1 aromatic carbocycles. The van der Waals surface area contributed by atoms with Crippen LogP contribution in [0, 0.1) is 0 Å². The molecule has 0 bridgehead atoms. The van der Waals surface area contributed by atoms with Crippen LogP contribution in [0.15, 0.2) is 24.3 Å². The zero-order valence-electron chi connectivity index (χ0n) is 16.9. The van der Waals surface area contributed by atoms with Gasteiger partial charge in [0.2, 0.25) is 0 Å². The molecule has 0 fully saturated rings. The van der Waals surface area contributed by atoms with Crippen molar-refractivity contribution < 1.29 is 9.47 Å². The first-order chi connectivity index (χ1) is 12.2. The van der Waals surface area contributed by atoms with Crippen LogP contribution >= 0.6 is 0 Å². The number of ether oxygens (including phenoxy) is 2. The number of rotatable bonds is 15. The van der Waals surface area contributed by atoms with Crippen LogP contribution in [0.1, 0.15) is 71.3 Å². The molecule has 3 heteroatoms. The third kappa shape index (κ3) is 9.86. The largest absolute Gasteiger partial charge is 0.494 e. The standard InChI is InChI=1S/C22H39NO2/c1-5-20(4)21-12-14-22(15-13-21)25-19-11-10-18-24-17-9-8-16-23(6-2)7-3/h12-15,20H,5-11,16-19H2,1-4H3. The van der Waals surface area contributed by atoms with Crippen molar-refractivity contribution in [2.75, 3.05) is 39.5 Å². The fraction of sp³-hybridized carbons (Fsp3) is 0.727. The maximum Gasteiger partial charge on any atom is 0.119 e. The first kappa shape index (κ1) is 22.0. The van der Waals surface area contributed by atoms with Gasteiger partial charge in [0.05, 0.1) is 6.61 Å². The molecule has 0 saturated carbocycles. The van der Waals surface area contributed by atoms with Crippen LogP contribution in [0.2, 0.25) is 0 Å². The molecule has 3 nitrogen and oxygen atoms in total. The van der Waals surface area contributed by atoms with Crippen LogP contribution in [-0.2, 0) is 4.74 Å². The van der Waals surface area contributed by atoms with Gasteiger partial charge in [-0.05, 0) is 75.4 Å². The van der Waals surface area contributed by atoms with Crippen LogP contribution in [0.3, 0.4) is 0 Å². The molecule has 1 atom stereocenters. The van der Waals surface area contributed by atoms with Gasteiger partial charge in [-0.25, -0.2) is 0 Å². The van der Waals surface area contributed by atoms with Crippen molar-refractivity contribution in [3.05, 3.63) is 29.8 Å². The highest BCUT2D eigenvalue weighted by Crippen LogP contribution is 2.21. The van der Waals surface area contributed by atoms with Crippen LogP contribution in [0.4, 0.5) is 0 Å². The second kappa shape index (κ2) is 14.1. The fourth-order valence-corrected chi connectivity index (χ4v) is 2.81. The van der Waals surface area contributed by atoms with E-state index in [1.807, 2.05) is 0 Å². The molecule has 0 aliphatic carbocycles. The summed E-state index contributed by atoms with van der Waals surface area (Å²) in [4.78, 5) is 2.47. The van der Waals surface area contributed by atoms with Crippen molar-refractivity contribution in [3.63, 3.8) is 0 Å². The van der Waals surface area contributed by atoms with E-state index in [1.165, 1.54) is 24.9 Å². The highest BCUT2D eigenvalue weighted by Gasteiger charge is 2.02. The molecule has 0 aliphatic rings. The van der Waals surface area contributed by atoms with Gasteiger partial charge in [-0.3, -0.25) is 0 Å². The Hall–Kier alpha value is -1.06. The van der Waals surface area contributed by atoms with Crippen LogP contribution in [-0.4, -0.2) is 44.4 Å². The molecule has 0 aliphatic heterocycles. The van der Waals surface area contributed by atoms with Gasteiger partial charge in [-0.1, -0.05) is 39.8 Å². The molecule has 1 unspecified atom stereocenters. The van der Waals surface area contributed by atoms with E-state index in [0.29, 0.717) is 5.92 Å². The summed E-state index contributed by atoms with van der Waals surface area (Å²) in [5.41, 5.74) is 1.39. The number of nitrogens with zero attached hydrogens (tertiary/aromatic N) is 1. The third-order valence-corrected chi connectivity index (χ3v) is 4.92. The smallest absolute Gasteiger partial charge is 0.119 e. The summed E-state index contributed by atoms with van der Waals surface area (Å²) >= 11 is 0. The van der Waals surface area contributed by atoms with Gasteiger partial charge in [0.15, 0.2) is 0 Å². The first-order valence-electron chi connectivity index (χ1n) is 10.2. The number of hydrogen-bond donors (Lipinski definition) is 0. The summed E-state index contributed by atoms with van der Waals surface area (Å²) in [6, 6.07) is 8.55. The molecule has 25 heavy (non-hydrogen) atoms. The minimum Gasteiger partial charge on any atom is -0.494 e. The zero-order chi connectivity index (χ0) is 18.3. The quantitative estimate of drug-likeness (QED) is 0.390. The predicted molar refractivity (Wildman–Crippen MR) is 108 cm³/mol. The van der Waals surface area contributed by atoms with Gasteiger partial charge in [0.1, 0.15) is 5.75 Å². The van der Waals surface area contributed by atoms with Crippen molar-refractivity contribution in [1.82, 2.24) is 4.90 Å². The Balaban J connectivity index is 1.96. The highest BCUT2D eigenvalue weighted by molar-refractivity contribution is 5.29. The van der Waals surface area contributed by atoms with E-state index < -0.39 is 0 Å². The average Bonchev–Trinajstić information content (AvgIpc) is 2.66. The second-order valence-electron chi connectivity index (χ2n) is 6.78. The van der Waals surface area contributed by atoms with Crippen LogP contribution in [0.5, 0.6) is 5.75 Å². The zero-order valence-corrected chi connectivity index (χ0v) is 16.9. The molecule has 144 valence electrons. The Labute approximate surface area is 155 Å². The lowest BCUT2D eigenvalue weighted by atomic mass is 9.99. The Morgan fingerprint density at radius 1 is 0.840 bits per heavy atom. The third-order valence-electron chi connectivity index (χ3n) is 4.92. The molecule has 0 radical (unpaired) electrons. The normalized spacial score (nSPS) is 12.5. The van der Waals surface area contributed by atoms with E-state index in [4.69, 9.17) is 9.47 Å². The van der Waals surface area contributed by atoms with Gasteiger partial charge in [0, 0.05) is 13.2 Å². The number of benzene rings is 1. The van der Waals surface area contributed by atoms with E-state index in [1.54, 1.807) is 0 Å². The average molecular weight is 350 g/mol. The van der Waals surface area contributed by atoms with Gasteiger partial charge in [0.25, 0.3) is 0 Å². The molecule has 0 aromatic heterocycles. The molecule has 0 saturated heterocycles. The SMILES string of the molecule is CCC(C)c1ccc(OCCCCOCCCCN(CC)CC)cc1. The van der Waals surface area contributed by atoms with Gasteiger partial charge in [-0.15, -0.1) is 0 Å². The molecular formula is C22H39NO2. The first-order valence-corrected chi connectivity index (χ1v) is 10.2. The molecule has 0 heterocycles. The Bertz CT molecular complexity index is 415. The van der Waals surface area contributed by atoms with Crippen molar-refractivity contribution in [2.45, 2.75) is 65.7 Å². The summed E-state index contributed by atoms with van der Waals surface area (Å²) in [7, 11) is 0. The van der Waals surface area contributed by atoms with Gasteiger partial charge >= 0.3 is 0 Å². The minimum absolute atomic E-state index is 0.623. The topological polar surface area (TPSA) is 21.7 Å². The van der Waals surface area contributed by atoms with E-state index in [2.05, 4.69) is 56.9 Å². The number of hydrogen-bond acceptors (Lipinski definition) is 3. The lowest BCUT2D eigenvalue weighted by Gasteiger charge is -2.17. The van der Waals surface area contributed by atoms with Crippen molar-refractivity contribution in [1.29, 1.82) is 0 Å². The Morgan fingerprint density at radius 2 is 1.44 bits per heavy atom. The second-order valence-corrected chi connectivity index (χ2v) is 6.78. The van der Waals surface area contributed by atoms with Crippen molar-refractivity contribution >= 4 is 0 Å².